The minimum absolute atomic E-state index is 0.0468. The van der Waals surface area contributed by atoms with E-state index in [1.54, 1.807) is 25.1 Å². The molecule has 2 heterocycles. The van der Waals surface area contributed by atoms with E-state index in [1.165, 1.54) is 0 Å². The second-order valence-electron chi connectivity index (χ2n) is 11.0. The van der Waals surface area contributed by atoms with Crippen LogP contribution in [0.3, 0.4) is 0 Å². The molecule has 1 aromatic carbocycles. The number of nitrogens with two attached hydrogens (primary N) is 1. The van der Waals surface area contributed by atoms with Crippen molar-refractivity contribution >= 4 is 23.2 Å². The van der Waals surface area contributed by atoms with Gasteiger partial charge in [-0.2, -0.15) is 0 Å². The number of aliphatic hydroxyl groups is 1. The Labute approximate surface area is 238 Å². The Balaban J connectivity index is 0.000000432. The maximum Gasteiger partial charge on any atom is 0.165 e. The molecule has 1 aromatic heterocycles. The highest BCUT2D eigenvalue weighted by Crippen LogP contribution is 2.29. The minimum atomic E-state index is -0.399. The van der Waals surface area contributed by atoms with Crippen LogP contribution in [0.2, 0.25) is 0 Å². The number of nitrogens with zero attached hydrogens (tertiary/aromatic N) is 2. The monoisotopic (exact) mass is 555 g/mol. The van der Waals surface area contributed by atoms with E-state index in [4.69, 9.17) is 5.73 Å². The van der Waals surface area contributed by atoms with Crippen LogP contribution >= 0.6 is 0 Å². The van der Waals surface area contributed by atoms with Gasteiger partial charge in [0.25, 0.3) is 0 Å². The number of ketones is 3. The van der Waals surface area contributed by atoms with Gasteiger partial charge in [-0.25, -0.2) is 9.37 Å². The normalized spacial score (nSPS) is 14.9. The molecule has 1 aliphatic heterocycles. The molecule has 0 amide bonds. The van der Waals surface area contributed by atoms with Crippen molar-refractivity contribution in [1.29, 1.82) is 0 Å². The number of hydrogen-bond donors (Lipinski definition) is 2. The Hall–Kier alpha value is -2.97. The van der Waals surface area contributed by atoms with Crippen LogP contribution in [0, 0.1) is 17.7 Å². The van der Waals surface area contributed by atoms with E-state index in [0.717, 1.165) is 31.5 Å². The van der Waals surface area contributed by atoms with Crippen LogP contribution in [0.25, 0.3) is 11.3 Å². The van der Waals surface area contributed by atoms with Crippen molar-refractivity contribution in [3.8, 4) is 11.3 Å². The zero-order chi connectivity index (χ0) is 30.0. The summed E-state index contributed by atoms with van der Waals surface area (Å²) in [6, 6.07) is 7.00. The van der Waals surface area contributed by atoms with Crippen LogP contribution in [0.4, 0.5) is 10.2 Å². The largest absolute Gasteiger partial charge is 0.393 e. The molecule has 2 aromatic rings. The molecule has 3 rings (SSSR count). The molecule has 1 aliphatic rings. The lowest BCUT2D eigenvalue weighted by Crippen LogP contribution is -2.35. The SMILES string of the molecule is CCC(=O)CCC(C)C(C)=O.CCc1c(C(=O)C(C)C)ccc(-c2ccc(CN3CCC(O)CC3)c(N)n2)c1F. The second kappa shape index (κ2) is 15.7. The molecule has 1 atom stereocenters. The van der Waals surface area contributed by atoms with Crippen LogP contribution in [-0.2, 0) is 22.6 Å². The molecule has 8 heteroatoms. The molecule has 0 saturated carbocycles. The number of nitrogen functional groups attached to an aromatic ring is 1. The number of hydrogen-bond acceptors (Lipinski definition) is 7. The third-order valence-corrected chi connectivity index (χ3v) is 7.57. The van der Waals surface area contributed by atoms with Crippen molar-refractivity contribution in [3.63, 3.8) is 0 Å². The molecule has 0 aliphatic carbocycles. The molecule has 0 spiro atoms. The van der Waals surface area contributed by atoms with Crippen LogP contribution in [-0.4, -0.2) is 51.5 Å². The maximum atomic E-state index is 15.2. The second-order valence-corrected chi connectivity index (χ2v) is 11.0. The van der Waals surface area contributed by atoms with Crippen molar-refractivity contribution in [2.75, 3.05) is 18.8 Å². The number of aromatic nitrogens is 1. The first-order chi connectivity index (χ1) is 18.9. The van der Waals surface area contributed by atoms with Gasteiger partial charge in [-0.3, -0.25) is 19.3 Å². The summed E-state index contributed by atoms with van der Waals surface area (Å²) in [4.78, 5) is 40.7. The van der Waals surface area contributed by atoms with E-state index in [9.17, 15) is 19.5 Å². The number of carbonyl (C=O) groups is 3. The number of Topliss-reactive ketones (excluding diaryl/α,β-unsaturated/α-hetero) is 3. The molecule has 220 valence electrons. The standard InChI is InChI=1S/C23H30FN3O2.C9H16O2/c1-4-17-18(22(29)14(2)3)6-7-19(21(17)24)20-8-5-15(23(25)26-20)13-27-11-9-16(28)10-12-27;1-4-9(11)6-5-7(2)8(3)10/h5-8,14,16,28H,4,9-13H2,1-3H3,(H2,25,26);7H,4-6H2,1-3H3. The summed E-state index contributed by atoms with van der Waals surface area (Å²) < 4.78 is 15.2. The van der Waals surface area contributed by atoms with E-state index in [1.807, 2.05) is 40.7 Å². The van der Waals surface area contributed by atoms with E-state index in [0.29, 0.717) is 60.4 Å². The fourth-order valence-corrected chi connectivity index (χ4v) is 4.57. The molecule has 0 bridgehead atoms. The first-order valence-corrected chi connectivity index (χ1v) is 14.4. The summed E-state index contributed by atoms with van der Waals surface area (Å²) in [6.45, 7) is 13.1. The van der Waals surface area contributed by atoms with Gasteiger partial charge in [-0.1, -0.05) is 46.8 Å². The number of benzene rings is 1. The third-order valence-electron chi connectivity index (χ3n) is 7.57. The van der Waals surface area contributed by atoms with Gasteiger partial charge in [-0.05, 0) is 50.3 Å². The lowest BCUT2D eigenvalue weighted by atomic mass is 9.92. The number of likely N-dealkylation sites (tertiary alicyclic amines) is 1. The van der Waals surface area contributed by atoms with Gasteiger partial charge in [0.15, 0.2) is 5.78 Å². The molecular formula is C32H46FN3O4. The quantitative estimate of drug-likeness (QED) is 0.337. The van der Waals surface area contributed by atoms with Gasteiger partial charge >= 0.3 is 0 Å². The number of carbonyl (C=O) groups excluding carboxylic acids is 3. The lowest BCUT2D eigenvalue weighted by molar-refractivity contribution is -0.121. The van der Waals surface area contributed by atoms with Crippen molar-refractivity contribution in [2.24, 2.45) is 11.8 Å². The molecular weight excluding hydrogens is 509 g/mol. The van der Waals surface area contributed by atoms with Gasteiger partial charge in [-0.15, -0.1) is 0 Å². The van der Waals surface area contributed by atoms with Gasteiger partial charge < -0.3 is 10.8 Å². The average Bonchev–Trinajstić information content (AvgIpc) is 2.93. The summed E-state index contributed by atoms with van der Waals surface area (Å²) in [5, 5.41) is 9.64. The Bertz CT molecular complexity index is 1170. The molecule has 1 saturated heterocycles. The van der Waals surface area contributed by atoms with Gasteiger partial charge in [0.2, 0.25) is 0 Å². The summed E-state index contributed by atoms with van der Waals surface area (Å²) in [6.07, 6.45) is 3.59. The molecule has 1 unspecified atom stereocenters. The number of halogens is 1. The smallest absolute Gasteiger partial charge is 0.165 e. The van der Waals surface area contributed by atoms with Gasteiger partial charge in [0.05, 0.1) is 11.8 Å². The zero-order valence-corrected chi connectivity index (χ0v) is 24.9. The Kier molecular flexibility index (Phi) is 13.1. The fourth-order valence-electron chi connectivity index (χ4n) is 4.57. The highest BCUT2D eigenvalue weighted by atomic mass is 19.1. The maximum absolute atomic E-state index is 15.2. The lowest BCUT2D eigenvalue weighted by Gasteiger charge is -2.29. The number of piperidine rings is 1. The van der Waals surface area contributed by atoms with Crippen LogP contribution in [0.5, 0.6) is 0 Å². The number of pyridine rings is 1. The van der Waals surface area contributed by atoms with Crippen molar-refractivity contribution in [3.05, 3.63) is 46.8 Å². The van der Waals surface area contributed by atoms with E-state index >= 15 is 4.39 Å². The predicted molar refractivity (Wildman–Crippen MR) is 157 cm³/mol. The number of aliphatic hydroxyl groups excluding tert-OH is 1. The third kappa shape index (κ3) is 9.30. The van der Waals surface area contributed by atoms with Crippen molar-refractivity contribution in [1.82, 2.24) is 9.88 Å². The molecule has 3 N–H and O–H groups in total. The highest BCUT2D eigenvalue weighted by molar-refractivity contribution is 5.99. The van der Waals surface area contributed by atoms with Gasteiger partial charge in [0, 0.05) is 61.0 Å². The first-order valence-electron chi connectivity index (χ1n) is 14.4. The summed E-state index contributed by atoms with van der Waals surface area (Å²) in [5.74, 6) is 0.214. The van der Waals surface area contributed by atoms with E-state index in [2.05, 4.69) is 9.88 Å². The molecule has 0 radical (unpaired) electrons. The topological polar surface area (TPSA) is 114 Å². The highest BCUT2D eigenvalue weighted by Gasteiger charge is 2.22. The minimum Gasteiger partial charge on any atom is -0.393 e. The van der Waals surface area contributed by atoms with Crippen molar-refractivity contribution in [2.45, 2.75) is 92.7 Å². The number of anilines is 1. The van der Waals surface area contributed by atoms with Crippen LogP contribution < -0.4 is 5.73 Å². The molecule has 40 heavy (non-hydrogen) atoms. The summed E-state index contributed by atoms with van der Waals surface area (Å²) in [5.41, 5.74) is 8.78. The van der Waals surface area contributed by atoms with Crippen molar-refractivity contribution < 1.29 is 23.9 Å². The van der Waals surface area contributed by atoms with Crippen LogP contribution in [0.1, 0.15) is 95.1 Å². The summed E-state index contributed by atoms with van der Waals surface area (Å²) >= 11 is 0. The number of rotatable bonds is 11. The van der Waals surface area contributed by atoms with Crippen LogP contribution in [0.15, 0.2) is 24.3 Å². The molecule has 1 fully saturated rings. The molecule has 7 nitrogen and oxygen atoms in total. The average molecular weight is 556 g/mol. The van der Waals surface area contributed by atoms with E-state index < -0.39 is 5.82 Å². The van der Waals surface area contributed by atoms with Gasteiger partial charge in [0.1, 0.15) is 23.2 Å². The summed E-state index contributed by atoms with van der Waals surface area (Å²) in [7, 11) is 0. The Morgan fingerprint density at radius 2 is 1.75 bits per heavy atom. The van der Waals surface area contributed by atoms with E-state index in [-0.39, 0.29) is 35.3 Å². The Morgan fingerprint density at radius 3 is 2.27 bits per heavy atom. The fraction of sp³-hybridized carbons (Fsp3) is 0.562. The Morgan fingerprint density at radius 1 is 1.10 bits per heavy atom. The first kappa shape index (κ1) is 33.2. The zero-order valence-electron chi connectivity index (χ0n) is 24.9. The predicted octanol–water partition coefficient (Wildman–Crippen LogP) is 5.80.